The average molecular weight is 240 g/mol. The zero-order valence-corrected chi connectivity index (χ0v) is 10.9. The SMILES string of the molecule is C=CCC(NCCC)c1cccc2ccncc12. The standard InChI is InChI=1S/C16H20N2/c1-3-6-16(18-10-4-2)14-8-5-7-13-9-11-17-12-15(13)14/h3,5,7-9,11-12,16,18H,1,4,6,10H2,2H3. The Morgan fingerprint density at radius 2 is 2.28 bits per heavy atom. The van der Waals surface area contributed by atoms with Gasteiger partial charge in [0.05, 0.1) is 0 Å². The van der Waals surface area contributed by atoms with Gasteiger partial charge in [-0.3, -0.25) is 4.98 Å². The molecule has 0 aliphatic carbocycles. The third kappa shape index (κ3) is 2.77. The molecule has 0 bridgehead atoms. The van der Waals surface area contributed by atoms with Gasteiger partial charge in [-0.05, 0) is 36.4 Å². The smallest absolute Gasteiger partial charge is 0.0361 e. The molecule has 0 amide bonds. The lowest BCUT2D eigenvalue weighted by molar-refractivity contribution is 0.540. The highest BCUT2D eigenvalue weighted by Gasteiger charge is 2.11. The van der Waals surface area contributed by atoms with Crippen molar-refractivity contribution in [2.45, 2.75) is 25.8 Å². The molecule has 1 atom stereocenters. The van der Waals surface area contributed by atoms with E-state index in [2.05, 4.69) is 48.1 Å². The van der Waals surface area contributed by atoms with Gasteiger partial charge in [0.15, 0.2) is 0 Å². The molecule has 1 N–H and O–H groups in total. The number of benzene rings is 1. The molecule has 0 radical (unpaired) electrons. The van der Waals surface area contributed by atoms with Crippen molar-refractivity contribution in [1.29, 1.82) is 0 Å². The first-order chi connectivity index (χ1) is 8.86. The second-order valence-corrected chi connectivity index (χ2v) is 4.48. The summed E-state index contributed by atoms with van der Waals surface area (Å²) >= 11 is 0. The van der Waals surface area contributed by atoms with E-state index >= 15 is 0 Å². The van der Waals surface area contributed by atoms with Crippen molar-refractivity contribution in [2.75, 3.05) is 6.54 Å². The minimum absolute atomic E-state index is 0.329. The fourth-order valence-electron chi connectivity index (χ4n) is 2.25. The number of pyridine rings is 1. The summed E-state index contributed by atoms with van der Waals surface area (Å²) in [4.78, 5) is 4.24. The number of rotatable bonds is 6. The molecule has 1 heterocycles. The van der Waals surface area contributed by atoms with Crippen LogP contribution in [-0.2, 0) is 0 Å². The van der Waals surface area contributed by atoms with Gasteiger partial charge in [-0.15, -0.1) is 6.58 Å². The van der Waals surface area contributed by atoms with Gasteiger partial charge in [0, 0.05) is 23.8 Å². The molecular formula is C16H20N2. The molecule has 0 spiro atoms. The van der Waals surface area contributed by atoms with Crippen molar-refractivity contribution in [3.63, 3.8) is 0 Å². The van der Waals surface area contributed by atoms with E-state index in [0.717, 1.165) is 19.4 Å². The van der Waals surface area contributed by atoms with Gasteiger partial charge in [-0.1, -0.05) is 31.2 Å². The predicted octanol–water partition coefficient (Wildman–Crippen LogP) is 3.85. The highest BCUT2D eigenvalue weighted by Crippen LogP contribution is 2.25. The van der Waals surface area contributed by atoms with Crippen LogP contribution in [0.4, 0.5) is 0 Å². The molecule has 2 rings (SSSR count). The van der Waals surface area contributed by atoms with Crippen LogP contribution in [0.3, 0.4) is 0 Å². The molecule has 1 aromatic heterocycles. The molecule has 0 saturated heterocycles. The Kier molecular flexibility index (Phi) is 4.48. The van der Waals surface area contributed by atoms with Gasteiger partial charge in [-0.2, -0.15) is 0 Å². The molecule has 2 heteroatoms. The summed E-state index contributed by atoms with van der Waals surface area (Å²) in [5.74, 6) is 0. The highest BCUT2D eigenvalue weighted by atomic mass is 14.9. The number of nitrogens with one attached hydrogen (secondary N) is 1. The van der Waals surface area contributed by atoms with Crippen LogP contribution in [0, 0.1) is 0 Å². The van der Waals surface area contributed by atoms with Crippen LogP contribution >= 0.6 is 0 Å². The Hall–Kier alpha value is -1.67. The molecule has 1 unspecified atom stereocenters. The van der Waals surface area contributed by atoms with Crippen molar-refractivity contribution in [2.24, 2.45) is 0 Å². The minimum atomic E-state index is 0.329. The van der Waals surface area contributed by atoms with E-state index in [1.165, 1.54) is 16.3 Å². The summed E-state index contributed by atoms with van der Waals surface area (Å²) in [7, 11) is 0. The van der Waals surface area contributed by atoms with Crippen molar-refractivity contribution < 1.29 is 0 Å². The largest absolute Gasteiger partial charge is 0.310 e. The maximum absolute atomic E-state index is 4.24. The Morgan fingerprint density at radius 1 is 1.39 bits per heavy atom. The summed E-state index contributed by atoms with van der Waals surface area (Å²) in [6.07, 6.45) is 7.84. The molecule has 2 aromatic rings. The van der Waals surface area contributed by atoms with E-state index in [-0.39, 0.29) is 0 Å². The zero-order chi connectivity index (χ0) is 12.8. The van der Waals surface area contributed by atoms with Gasteiger partial charge in [0.2, 0.25) is 0 Å². The first kappa shape index (κ1) is 12.8. The molecule has 0 aliphatic heterocycles. The second-order valence-electron chi connectivity index (χ2n) is 4.48. The summed E-state index contributed by atoms with van der Waals surface area (Å²) < 4.78 is 0. The third-order valence-corrected chi connectivity index (χ3v) is 3.14. The van der Waals surface area contributed by atoms with E-state index in [9.17, 15) is 0 Å². The van der Waals surface area contributed by atoms with Crippen molar-refractivity contribution in [3.05, 3.63) is 54.9 Å². The van der Waals surface area contributed by atoms with Gasteiger partial charge in [0.25, 0.3) is 0 Å². The zero-order valence-electron chi connectivity index (χ0n) is 10.9. The van der Waals surface area contributed by atoms with Crippen LogP contribution in [0.1, 0.15) is 31.4 Å². The molecule has 0 fully saturated rings. The van der Waals surface area contributed by atoms with Gasteiger partial charge in [-0.25, -0.2) is 0 Å². The number of fused-ring (bicyclic) bond motifs is 1. The quantitative estimate of drug-likeness (QED) is 0.776. The van der Waals surface area contributed by atoms with Gasteiger partial charge >= 0.3 is 0 Å². The van der Waals surface area contributed by atoms with Crippen LogP contribution in [0.15, 0.2) is 49.3 Å². The average Bonchev–Trinajstić information content (AvgIpc) is 2.43. The second kappa shape index (κ2) is 6.31. The minimum Gasteiger partial charge on any atom is -0.310 e. The molecule has 18 heavy (non-hydrogen) atoms. The monoisotopic (exact) mass is 240 g/mol. The normalized spacial score (nSPS) is 12.5. The van der Waals surface area contributed by atoms with E-state index in [1.807, 2.05) is 18.5 Å². The van der Waals surface area contributed by atoms with E-state index in [1.54, 1.807) is 0 Å². The highest BCUT2D eigenvalue weighted by molar-refractivity contribution is 5.85. The van der Waals surface area contributed by atoms with E-state index in [4.69, 9.17) is 0 Å². The lowest BCUT2D eigenvalue weighted by atomic mass is 9.98. The van der Waals surface area contributed by atoms with Crippen LogP contribution in [0.25, 0.3) is 10.8 Å². The summed E-state index contributed by atoms with van der Waals surface area (Å²) in [5.41, 5.74) is 1.31. The maximum atomic E-state index is 4.24. The number of aromatic nitrogens is 1. The van der Waals surface area contributed by atoms with Crippen molar-refractivity contribution in [3.8, 4) is 0 Å². The van der Waals surface area contributed by atoms with E-state index in [0.29, 0.717) is 6.04 Å². The number of hydrogen-bond donors (Lipinski definition) is 1. The fourth-order valence-corrected chi connectivity index (χ4v) is 2.25. The Labute approximate surface area is 109 Å². The first-order valence-electron chi connectivity index (χ1n) is 6.53. The first-order valence-corrected chi connectivity index (χ1v) is 6.53. The van der Waals surface area contributed by atoms with Gasteiger partial charge < -0.3 is 5.32 Å². The van der Waals surface area contributed by atoms with Crippen molar-refractivity contribution >= 4 is 10.8 Å². The Morgan fingerprint density at radius 3 is 3.06 bits per heavy atom. The van der Waals surface area contributed by atoms with Crippen molar-refractivity contribution in [1.82, 2.24) is 10.3 Å². The fraction of sp³-hybridized carbons (Fsp3) is 0.312. The van der Waals surface area contributed by atoms with Gasteiger partial charge in [0.1, 0.15) is 0 Å². The molecular weight excluding hydrogens is 220 g/mol. The summed E-state index contributed by atoms with van der Waals surface area (Å²) in [6, 6.07) is 8.81. The summed E-state index contributed by atoms with van der Waals surface area (Å²) in [6.45, 7) is 7.06. The molecule has 2 nitrogen and oxygen atoms in total. The van der Waals surface area contributed by atoms with Crippen LogP contribution in [0.5, 0.6) is 0 Å². The third-order valence-electron chi connectivity index (χ3n) is 3.14. The Bertz CT molecular complexity index is 514. The molecule has 94 valence electrons. The lowest BCUT2D eigenvalue weighted by Gasteiger charge is -2.19. The molecule has 1 aromatic carbocycles. The lowest BCUT2D eigenvalue weighted by Crippen LogP contribution is -2.21. The predicted molar refractivity (Wildman–Crippen MR) is 77.6 cm³/mol. The van der Waals surface area contributed by atoms with Crippen LogP contribution in [-0.4, -0.2) is 11.5 Å². The number of nitrogens with zero attached hydrogens (tertiary/aromatic N) is 1. The van der Waals surface area contributed by atoms with Crippen LogP contribution < -0.4 is 5.32 Å². The molecule has 0 aliphatic rings. The van der Waals surface area contributed by atoms with E-state index < -0.39 is 0 Å². The molecule has 0 saturated carbocycles. The topological polar surface area (TPSA) is 24.9 Å². The maximum Gasteiger partial charge on any atom is 0.0361 e. The van der Waals surface area contributed by atoms with Crippen LogP contribution in [0.2, 0.25) is 0 Å². The number of hydrogen-bond acceptors (Lipinski definition) is 2. The summed E-state index contributed by atoms with van der Waals surface area (Å²) in [5, 5.41) is 6.06. The Balaban J connectivity index is 2.39.